The Morgan fingerprint density at radius 1 is 1.10 bits per heavy atom. The number of nitrogens with zero attached hydrogens (tertiary/aromatic N) is 1. The Labute approximate surface area is 185 Å². The van der Waals surface area contributed by atoms with Crippen LogP contribution in [0.5, 0.6) is 0 Å². The molecule has 2 amide bonds. The minimum Gasteiger partial charge on any atom is -0.380 e. The molecule has 6 nitrogen and oxygen atoms in total. The van der Waals surface area contributed by atoms with Gasteiger partial charge in [-0.2, -0.15) is 0 Å². The summed E-state index contributed by atoms with van der Waals surface area (Å²) in [4.78, 5) is 29.5. The Kier molecular flexibility index (Phi) is 6.00. The molecule has 1 aliphatic heterocycles. The third kappa shape index (κ3) is 4.92. The summed E-state index contributed by atoms with van der Waals surface area (Å²) in [5.74, 6) is -0.437. The van der Waals surface area contributed by atoms with Crippen LogP contribution in [0.4, 0.5) is 11.4 Å². The fraction of sp³-hybridized carbons (Fsp3) is 0.125. The lowest BCUT2D eigenvalue weighted by molar-refractivity contribution is -0.112. The van der Waals surface area contributed by atoms with E-state index in [4.69, 9.17) is 11.6 Å². The second kappa shape index (κ2) is 9.02. The van der Waals surface area contributed by atoms with Crippen molar-refractivity contribution < 1.29 is 9.59 Å². The second-order valence-electron chi connectivity index (χ2n) is 7.28. The zero-order valence-electron chi connectivity index (χ0n) is 16.9. The van der Waals surface area contributed by atoms with E-state index in [2.05, 4.69) is 20.9 Å². The number of halogens is 1. The number of rotatable bonds is 5. The molecular weight excluding hydrogens is 412 g/mol. The first-order chi connectivity index (χ1) is 15.0. The quantitative estimate of drug-likeness (QED) is 0.557. The maximum Gasteiger partial charge on any atom is 0.253 e. The number of carbonyl (C=O) groups is 2. The molecule has 0 saturated heterocycles. The van der Waals surface area contributed by atoms with Gasteiger partial charge in [0.2, 0.25) is 0 Å². The van der Waals surface area contributed by atoms with Crippen LogP contribution in [0.3, 0.4) is 0 Å². The topological polar surface area (TPSA) is 83.1 Å². The first-order valence-corrected chi connectivity index (χ1v) is 10.2. The van der Waals surface area contributed by atoms with Crippen molar-refractivity contribution in [3.63, 3.8) is 0 Å². The molecule has 0 atom stereocenters. The van der Waals surface area contributed by atoms with Crippen molar-refractivity contribution in [2.75, 3.05) is 17.2 Å². The molecule has 2 heterocycles. The molecule has 1 aliphatic rings. The largest absolute Gasteiger partial charge is 0.380 e. The zero-order valence-corrected chi connectivity index (χ0v) is 17.7. The molecule has 0 unspecified atom stereocenters. The SMILES string of the molecule is Cc1ccc(C(=O)NCc2ccc(Cl)cc2)cc1NC(=O)C1=Cc2cnccc2NC1. The molecule has 0 aliphatic carbocycles. The second-order valence-corrected chi connectivity index (χ2v) is 7.72. The van der Waals surface area contributed by atoms with Gasteiger partial charge in [0, 0.05) is 58.6 Å². The lowest BCUT2D eigenvalue weighted by Crippen LogP contribution is -2.24. The summed E-state index contributed by atoms with van der Waals surface area (Å²) in [6.45, 7) is 2.69. The molecule has 7 heteroatoms. The minimum atomic E-state index is -0.219. The minimum absolute atomic E-state index is 0.219. The van der Waals surface area contributed by atoms with Crippen LogP contribution < -0.4 is 16.0 Å². The highest BCUT2D eigenvalue weighted by atomic mass is 35.5. The number of hydrogen-bond acceptors (Lipinski definition) is 4. The molecule has 1 aromatic heterocycles. The number of carbonyl (C=O) groups excluding carboxylic acids is 2. The van der Waals surface area contributed by atoms with E-state index >= 15 is 0 Å². The normalized spacial score (nSPS) is 12.3. The molecule has 0 fully saturated rings. The molecule has 4 rings (SSSR count). The van der Waals surface area contributed by atoms with Gasteiger partial charge in [-0.25, -0.2) is 0 Å². The first kappa shape index (κ1) is 20.6. The molecule has 156 valence electrons. The highest BCUT2D eigenvalue weighted by molar-refractivity contribution is 6.30. The number of pyridine rings is 1. The van der Waals surface area contributed by atoms with E-state index in [1.54, 1.807) is 36.7 Å². The van der Waals surface area contributed by atoms with Crippen molar-refractivity contribution in [3.8, 4) is 0 Å². The number of anilines is 2. The van der Waals surface area contributed by atoms with Gasteiger partial charge in [0.1, 0.15) is 0 Å². The van der Waals surface area contributed by atoms with Gasteiger partial charge in [0.05, 0.1) is 0 Å². The Morgan fingerprint density at radius 2 is 1.90 bits per heavy atom. The van der Waals surface area contributed by atoms with Crippen LogP contribution in [0.25, 0.3) is 6.08 Å². The van der Waals surface area contributed by atoms with Gasteiger partial charge in [0.15, 0.2) is 0 Å². The Morgan fingerprint density at radius 3 is 2.71 bits per heavy atom. The van der Waals surface area contributed by atoms with Crippen LogP contribution in [0.2, 0.25) is 5.02 Å². The van der Waals surface area contributed by atoms with Crippen LogP contribution in [-0.2, 0) is 11.3 Å². The average Bonchev–Trinajstić information content (AvgIpc) is 2.79. The van der Waals surface area contributed by atoms with Gasteiger partial charge >= 0.3 is 0 Å². The number of nitrogens with one attached hydrogen (secondary N) is 3. The molecule has 31 heavy (non-hydrogen) atoms. The smallest absolute Gasteiger partial charge is 0.253 e. The van der Waals surface area contributed by atoms with Crippen molar-refractivity contribution in [2.24, 2.45) is 0 Å². The Bertz CT molecular complexity index is 1170. The van der Waals surface area contributed by atoms with Gasteiger partial charge in [-0.3, -0.25) is 14.6 Å². The summed E-state index contributed by atoms with van der Waals surface area (Å²) in [5, 5.41) is 9.68. The summed E-state index contributed by atoms with van der Waals surface area (Å²) in [6, 6.07) is 14.4. The number of hydrogen-bond donors (Lipinski definition) is 3. The van der Waals surface area contributed by atoms with Crippen molar-refractivity contribution in [3.05, 3.63) is 93.8 Å². The number of aromatic nitrogens is 1. The van der Waals surface area contributed by atoms with Crippen molar-refractivity contribution in [1.29, 1.82) is 0 Å². The maximum absolute atomic E-state index is 12.8. The summed E-state index contributed by atoms with van der Waals surface area (Å²) in [5.41, 5.74) is 5.30. The number of aryl methyl sites for hydroxylation is 1. The van der Waals surface area contributed by atoms with E-state index in [1.165, 1.54) is 0 Å². The van der Waals surface area contributed by atoms with Gasteiger partial charge in [-0.15, -0.1) is 0 Å². The van der Waals surface area contributed by atoms with Gasteiger partial charge < -0.3 is 16.0 Å². The van der Waals surface area contributed by atoms with Crippen LogP contribution >= 0.6 is 11.6 Å². The van der Waals surface area contributed by atoms with E-state index in [-0.39, 0.29) is 11.8 Å². The lowest BCUT2D eigenvalue weighted by Gasteiger charge is -2.18. The Hall–Kier alpha value is -3.64. The fourth-order valence-corrected chi connectivity index (χ4v) is 3.37. The molecule has 2 aromatic carbocycles. The molecule has 3 N–H and O–H groups in total. The highest BCUT2D eigenvalue weighted by Crippen LogP contribution is 2.24. The molecule has 3 aromatic rings. The van der Waals surface area contributed by atoms with E-state index in [0.29, 0.717) is 34.9 Å². The predicted octanol–water partition coefficient (Wildman–Crippen LogP) is 4.42. The van der Waals surface area contributed by atoms with Gasteiger partial charge in [0.25, 0.3) is 11.8 Å². The van der Waals surface area contributed by atoms with Crippen molar-refractivity contribution >= 4 is 40.9 Å². The van der Waals surface area contributed by atoms with Crippen LogP contribution in [0, 0.1) is 6.92 Å². The number of fused-ring (bicyclic) bond motifs is 1. The van der Waals surface area contributed by atoms with Gasteiger partial charge in [-0.05, 0) is 54.5 Å². The lowest BCUT2D eigenvalue weighted by atomic mass is 10.0. The first-order valence-electron chi connectivity index (χ1n) is 9.83. The highest BCUT2D eigenvalue weighted by Gasteiger charge is 2.17. The number of amides is 2. The third-order valence-corrected chi connectivity index (χ3v) is 5.31. The predicted molar refractivity (Wildman–Crippen MR) is 123 cm³/mol. The van der Waals surface area contributed by atoms with Crippen LogP contribution in [-0.4, -0.2) is 23.3 Å². The fourth-order valence-electron chi connectivity index (χ4n) is 3.24. The average molecular weight is 433 g/mol. The molecule has 0 radical (unpaired) electrons. The third-order valence-electron chi connectivity index (χ3n) is 5.06. The molecule has 0 saturated carbocycles. The Balaban J connectivity index is 1.45. The molecule has 0 spiro atoms. The number of benzene rings is 2. The standard InChI is InChI=1S/C24H21ClN4O2/c1-15-2-5-17(23(30)28-12-16-3-6-20(25)7-4-16)11-22(15)29-24(31)19-10-18-13-26-9-8-21(18)27-14-19/h2-11,13,27H,12,14H2,1H3,(H,28,30)(H,29,31). The van der Waals surface area contributed by atoms with Crippen molar-refractivity contribution in [1.82, 2.24) is 10.3 Å². The summed E-state index contributed by atoms with van der Waals surface area (Å²) in [6.07, 6.45) is 5.25. The van der Waals surface area contributed by atoms with E-state index in [1.807, 2.05) is 37.3 Å². The maximum atomic E-state index is 12.8. The molecule has 0 bridgehead atoms. The van der Waals surface area contributed by atoms with Crippen molar-refractivity contribution in [2.45, 2.75) is 13.5 Å². The summed E-state index contributed by atoms with van der Waals surface area (Å²) in [7, 11) is 0. The monoisotopic (exact) mass is 432 g/mol. The zero-order chi connectivity index (χ0) is 21.8. The van der Waals surface area contributed by atoms with E-state index in [0.717, 1.165) is 22.4 Å². The summed E-state index contributed by atoms with van der Waals surface area (Å²) >= 11 is 5.89. The summed E-state index contributed by atoms with van der Waals surface area (Å²) < 4.78 is 0. The van der Waals surface area contributed by atoms with E-state index in [9.17, 15) is 9.59 Å². The van der Waals surface area contributed by atoms with Gasteiger partial charge in [-0.1, -0.05) is 29.8 Å². The van der Waals surface area contributed by atoms with Crippen LogP contribution in [0.1, 0.15) is 27.0 Å². The van der Waals surface area contributed by atoms with E-state index < -0.39 is 0 Å². The molecular formula is C24H21ClN4O2. The van der Waals surface area contributed by atoms with Crippen LogP contribution in [0.15, 0.2) is 66.5 Å².